The Hall–Kier alpha value is -2.77. The molecule has 0 N–H and O–H groups in total. The van der Waals surface area contributed by atoms with E-state index in [9.17, 15) is 4.79 Å². The van der Waals surface area contributed by atoms with Gasteiger partial charge in [-0.25, -0.2) is 15.0 Å². The summed E-state index contributed by atoms with van der Waals surface area (Å²) in [4.78, 5) is 30.2. The van der Waals surface area contributed by atoms with Crippen molar-refractivity contribution in [2.24, 2.45) is 0 Å². The molecule has 0 aliphatic heterocycles. The number of fused-ring (bicyclic) bond motifs is 2. The van der Waals surface area contributed by atoms with Gasteiger partial charge in [0.25, 0.3) is 5.56 Å². The van der Waals surface area contributed by atoms with Gasteiger partial charge in [-0.2, -0.15) is 0 Å². The number of benzene rings is 2. The molecule has 0 atom stereocenters. The molecule has 0 aliphatic rings. The summed E-state index contributed by atoms with van der Waals surface area (Å²) >= 11 is 1.55. The van der Waals surface area contributed by atoms with E-state index in [0.29, 0.717) is 29.8 Å². The van der Waals surface area contributed by atoms with E-state index in [2.05, 4.69) is 32.6 Å². The highest BCUT2D eigenvalue weighted by Gasteiger charge is 2.17. The lowest BCUT2D eigenvalue weighted by molar-refractivity contribution is 0.166. The first-order valence-corrected chi connectivity index (χ1v) is 12.4. The first-order valence-electron chi connectivity index (χ1n) is 11.5. The molecule has 0 bridgehead atoms. The summed E-state index contributed by atoms with van der Waals surface area (Å²) in [5, 5.41) is 1.38. The summed E-state index contributed by atoms with van der Waals surface area (Å²) in [6.45, 7) is 12.1. The normalized spacial score (nSPS) is 12.0. The third-order valence-electron chi connectivity index (χ3n) is 5.92. The molecule has 0 saturated heterocycles. The number of aryl methyl sites for hydroxylation is 1. The number of para-hydroxylation sites is 3. The number of hydrogen-bond donors (Lipinski definition) is 0. The Morgan fingerprint density at radius 1 is 0.879 bits per heavy atom. The van der Waals surface area contributed by atoms with Crippen molar-refractivity contribution in [3.05, 3.63) is 70.3 Å². The average Bonchev–Trinajstić information content (AvgIpc) is 2.79. The molecule has 4 rings (SSSR count). The van der Waals surface area contributed by atoms with Crippen LogP contribution in [0, 0.1) is 6.92 Å². The lowest BCUT2D eigenvalue weighted by Gasteiger charge is -2.30. The largest absolute Gasteiger partial charge is 0.297 e. The number of nitrogens with zero attached hydrogens (tertiary/aromatic N) is 5. The highest BCUT2D eigenvalue weighted by Crippen LogP contribution is 2.24. The zero-order valence-electron chi connectivity index (χ0n) is 19.9. The van der Waals surface area contributed by atoms with Gasteiger partial charge in [0.05, 0.1) is 33.3 Å². The van der Waals surface area contributed by atoms with E-state index < -0.39 is 0 Å². The minimum Gasteiger partial charge on any atom is -0.297 e. The summed E-state index contributed by atoms with van der Waals surface area (Å²) in [7, 11) is 0. The minimum absolute atomic E-state index is 0.0110. The van der Waals surface area contributed by atoms with Gasteiger partial charge in [-0.15, -0.1) is 0 Å². The fraction of sp³-hybridized carbons (Fsp3) is 0.385. The molecule has 2 heterocycles. The van der Waals surface area contributed by atoms with E-state index in [1.165, 1.54) is 0 Å². The zero-order valence-corrected chi connectivity index (χ0v) is 20.8. The molecule has 172 valence electrons. The Kier molecular flexibility index (Phi) is 7.10. The van der Waals surface area contributed by atoms with E-state index in [1.54, 1.807) is 11.8 Å². The van der Waals surface area contributed by atoms with Crippen molar-refractivity contribution in [1.82, 2.24) is 24.4 Å². The van der Waals surface area contributed by atoms with Crippen molar-refractivity contribution in [2.45, 2.75) is 64.2 Å². The maximum Gasteiger partial charge on any atom is 0.262 e. The second-order valence-electron chi connectivity index (χ2n) is 8.83. The monoisotopic (exact) mass is 461 g/mol. The Morgan fingerprint density at radius 3 is 2.15 bits per heavy atom. The van der Waals surface area contributed by atoms with Gasteiger partial charge in [0.1, 0.15) is 0 Å². The van der Waals surface area contributed by atoms with Crippen LogP contribution in [0.1, 0.15) is 39.1 Å². The van der Waals surface area contributed by atoms with E-state index >= 15 is 0 Å². The molecule has 0 fully saturated rings. The lowest BCUT2D eigenvalue weighted by atomic mass is 10.2. The maximum absolute atomic E-state index is 13.4. The number of hydrogen-bond acceptors (Lipinski definition) is 6. The second-order valence-corrected chi connectivity index (χ2v) is 9.77. The smallest absolute Gasteiger partial charge is 0.262 e. The van der Waals surface area contributed by atoms with Crippen LogP contribution in [0.5, 0.6) is 0 Å². The zero-order chi connectivity index (χ0) is 23.5. The SMILES string of the molecule is Cc1nc2ccccc2nc1CSc1nc2ccccc2c(=O)n1CCN(C(C)C)C(C)C. The van der Waals surface area contributed by atoms with Gasteiger partial charge in [-0.05, 0) is 58.9 Å². The van der Waals surface area contributed by atoms with E-state index in [4.69, 9.17) is 15.0 Å². The average molecular weight is 462 g/mol. The summed E-state index contributed by atoms with van der Waals surface area (Å²) in [6.07, 6.45) is 0. The minimum atomic E-state index is 0.0110. The number of rotatable bonds is 8. The molecule has 7 heteroatoms. The molecule has 0 amide bonds. The highest BCUT2D eigenvalue weighted by atomic mass is 32.2. The Labute approximate surface area is 199 Å². The van der Waals surface area contributed by atoms with Crippen LogP contribution in [0.4, 0.5) is 0 Å². The van der Waals surface area contributed by atoms with Crippen LogP contribution >= 0.6 is 11.8 Å². The molecule has 6 nitrogen and oxygen atoms in total. The quantitative estimate of drug-likeness (QED) is 0.270. The van der Waals surface area contributed by atoms with Crippen molar-refractivity contribution >= 4 is 33.7 Å². The van der Waals surface area contributed by atoms with E-state index in [-0.39, 0.29) is 5.56 Å². The number of thioether (sulfide) groups is 1. The second kappa shape index (κ2) is 10.0. The van der Waals surface area contributed by atoms with Crippen molar-refractivity contribution in [1.29, 1.82) is 0 Å². The van der Waals surface area contributed by atoms with Crippen molar-refractivity contribution in [3.8, 4) is 0 Å². The van der Waals surface area contributed by atoms with Gasteiger partial charge < -0.3 is 0 Å². The third kappa shape index (κ3) is 5.09. The first-order chi connectivity index (χ1) is 15.8. The Morgan fingerprint density at radius 2 is 1.48 bits per heavy atom. The van der Waals surface area contributed by atoms with Gasteiger partial charge in [0.2, 0.25) is 0 Å². The molecule has 33 heavy (non-hydrogen) atoms. The summed E-state index contributed by atoms with van der Waals surface area (Å²) in [5.74, 6) is 0.604. The van der Waals surface area contributed by atoms with Gasteiger partial charge in [-0.3, -0.25) is 14.3 Å². The highest BCUT2D eigenvalue weighted by molar-refractivity contribution is 7.98. The standard InChI is InChI=1S/C26H31N5OS/c1-17(2)30(18(3)4)14-15-31-25(32)20-10-6-7-11-21(20)29-26(31)33-16-24-19(5)27-22-12-8-9-13-23(22)28-24/h6-13,17-18H,14-16H2,1-5H3. The van der Waals surface area contributed by atoms with Crippen LogP contribution in [0.15, 0.2) is 58.5 Å². The van der Waals surface area contributed by atoms with Gasteiger partial charge in [-0.1, -0.05) is 36.0 Å². The van der Waals surface area contributed by atoms with Crippen molar-refractivity contribution in [3.63, 3.8) is 0 Å². The molecular weight excluding hydrogens is 430 g/mol. The van der Waals surface area contributed by atoms with Gasteiger partial charge in [0, 0.05) is 30.9 Å². The van der Waals surface area contributed by atoms with Crippen LogP contribution < -0.4 is 5.56 Å². The molecule has 2 aromatic heterocycles. The summed E-state index contributed by atoms with van der Waals surface area (Å²) in [5.41, 5.74) is 4.34. The predicted molar refractivity (Wildman–Crippen MR) is 137 cm³/mol. The summed E-state index contributed by atoms with van der Waals surface area (Å²) < 4.78 is 1.83. The molecule has 0 saturated carbocycles. The molecule has 0 radical (unpaired) electrons. The van der Waals surface area contributed by atoms with Crippen LogP contribution in [0.3, 0.4) is 0 Å². The number of aromatic nitrogens is 4. The first kappa shape index (κ1) is 23.4. The van der Waals surface area contributed by atoms with Gasteiger partial charge in [0.15, 0.2) is 5.16 Å². The van der Waals surface area contributed by atoms with Crippen molar-refractivity contribution in [2.75, 3.05) is 6.54 Å². The van der Waals surface area contributed by atoms with Crippen LogP contribution in [-0.4, -0.2) is 43.0 Å². The fourth-order valence-electron chi connectivity index (χ4n) is 4.18. The van der Waals surface area contributed by atoms with Gasteiger partial charge >= 0.3 is 0 Å². The van der Waals surface area contributed by atoms with Crippen LogP contribution in [0.2, 0.25) is 0 Å². The van der Waals surface area contributed by atoms with Crippen LogP contribution in [-0.2, 0) is 12.3 Å². The van der Waals surface area contributed by atoms with E-state index in [1.807, 2.05) is 60.0 Å². The predicted octanol–water partition coefficient (Wildman–Crippen LogP) is 5.06. The Balaban J connectivity index is 1.68. The third-order valence-corrected chi connectivity index (χ3v) is 6.90. The lowest BCUT2D eigenvalue weighted by Crippen LogP contribution is -2.40. The van der Waals surface area contributed by atoms with Crippen molar-refractivity contribution < 1.29 is 0 Å². The molecule has 4 aromatic rings. The topological polar surface area (TPSA) is 63.9 Å². The Bertz CT molecular complexity index is 1320. The maximum atomic E-state index is 13.4. The molecule has 0 aliphatic carbocycles. The summed E-state index contributed by atoms with van der Waals surface area (Å²) in [6, 6.07) is 16.3. The fourth-order valence-corrected chi connectivity index (χ4v) is 5.21. The van der Waals surface area contributed by atoms with E-state index in [0.717, 1.165) is 39.6 Å². The molecular formula is C26H31N5OS. The van der Waals surface area contributed by atoms with Crippen LogP contribution in [0.25, 0.3) is 21.9 Å². The molecule has 0 unspecified atom stereocenters. The molecule has 2 aromatic carbocycles. The molecule has 0 spiro atoms.